The summed E-state index contributed by atoms with van der Waals surface area (Å²) in [6.07, 6.45) is -0.719. The summed E-state index contributed by atoms with van der Waals surface area (Å²) in [6.45, 7) is 3.22. The van der Waals surface area contributed by atoms with Gasteiger partial charge in [-0.05, 0) is 20.3 Å². The third-order valence-electron chi connectivity index (χ3n) is 3.98. The average Bonchev–Trinajstić information content (AvgIpc) is 2.54. The predicted molar refractivity (Wildman–Crippen MR) is 85.1 cm³/mol. The fourth-order valence-electron chi connectivity index (χ4n) is 2.50. The van der Waals surface area contributed by atoms with E-state index in [1.807, 2.05) is 0 Å². The number of ketones is 2. The van der Waals surface area contributed by atoms with Crippen molar-refractivity contribution in [3.05, 3.63) is 46.5 Å². The number of Topliss-reactive ketones (excluding diaryl/α,β-unsaturated/α-hetero) is 2. The summed E-state index contributed by atoms with van der Waals surface area (Å²) in [4.78, 5) is 36.5. The van der Waals surface area contributed by atoms with Crippen molar-refractivity contribution >= 4 is 17.5 Å². The van der Waals surface area contributed by atoms with Crippen LogP contribution in [0.1, 0.15) is 41.0 Å². The lowest BCUT2D eigenvalue weighted by Gasteiger charge is -2.20. The molecule has 1 amide bonds. The van der Waals surface area contributed by atoms with Crippen LogP contribution in [0, 0.1) is 0 Å². The number of nitrogens with one attached hydrogen (secondary N) is 1. The molecule has 0 aliphatic heterocycles. The quantitative estimate of drug-likeness (QED) is 0.737. The van der Waals surface area contributed by atoms with Gasteiger partial charge in [0.05, 0.1) is 6.10 Å². The van der Waals surface area contributed by atoms with Gasteiger partial charge in [0.2, 0.25) is 5.91 Å². The molecule has 2 rings (SSSR count). The number of fused-ring (bicyclic) bond motifs is 1. The zero-order valence-corrected chi connectivity index (χ0v) is 13.1. The van der Waals surface area contributed by atoms with Gasteiger partial charge in [-0.15, -0.1) is 0 Å². The summed E-state index contributed by atoms with van der Waals surface area (Å²) in [7, 11) is 0. The molecule has 1 aliphatic rings. The first-order valence-electron chi connectivity index (χ1n) is 7.44. The minimum absolute atomic E-state index is 0.165. The highest BCUT2D eigenvalue weighted by atomic mass is 16.3. The normalized spacial score (nSPS) is 16.9. The molecule has 2 atom stereocenters. The number of hydrogen-bond acceptors (Lipinski definition) is 5. The molecule has 0 radical (unpaired) electrons. The first kappa shape index (κ1) is 17.1. The minimum atomic E-state index is -1.02. The Hall–Kier alpha value is -2.31. The third kappa shape index (κ3) is 3.38. The summed E-state index contributed by atoms with van der Waals surface area (Å²) in [5, 5.41) is 11.8. The number of aliphatic hydroxyl groups is 1. The van der Waals surface area contributed by atoms with Crippen molar-refractivity contribution in [3.8, 4) is 0 Å². The van der Waals surface area contributed by atoms with Crippen molar-refractivity contribution in [1.29, 1.82) is 0 Å². The Morgan fingerprint density at radius 1 is 1.22 bits per heavy atom. The van der Waals surface area contributed by atoms with Gasteiger partial charge < -0.3 is 16.2 Å². The van der Waals surface area contributed by atoms with Gasteiger partial charge in [-0.3, -0.25) is 14.4 Å². The van der Waals surface area contributed by atoms with Gasteiger partial charge in [0.15, 0.2) is 11.6 Å². The first-order valence-corrected chi connectivity index (χ1v) is 7.44. The number of allylic oxidation sites excluding steroid dienone is 1. The van der Waals surface area contributed by atoms with Crippen molar-refractivity contribution in [2.24, 2.45) is 5.73 Å². The van der Waals surface area contributed by atoms with Gasteiger partial charge in [0.1, 0.15) is 6.04 Å². The Bertz CT molecular complexity index is 692. The zero-order valence-electron chi connectivity index (χ0n) is 13.1. The lowest BCUT2D eigenvalue weighted by molar-refractivity contribution is -0.124. The molecule has 0 aromatic heterocycles. The van der Waals surface area contributed by atoms with E-state index >= 15 is 0 Å². The SMILES string of the molecule is CC1=C(CCNC(=O)[C@@H](N)[C@@H](C)O)C(=O)c2ccccc2C1=O. The van der Waals surface area contributed by atoms with E-state index in [2.05, 4.69) is 5.32 Å². The average molecular weight is 316 g/mol. The van der Waals surface area contributed by atoms with E-state index in [0.717, 1.165) is 0 Å². The monoisotopic (exact) mass is 316 g/mol. The molecular weight excluding hydrogens is 296 g/mol. The predicted octanol–water partition coefficient (Wildman–Crippen LogP) is 0.597. The maximum absolute atomic E-state index is 12.5. The van der Waals surface area contributed by atoms with Gasteiger partial charge in [-0.2, -0.15) is 0 Å². The molecule has 1 aromatic rings. The summed E-state index contributed by atoms with van der Waals surface area (Å²) in [6, 6.07) is 5.68. The van der Waals surface area contributed by atoms with E-state index in [-0.39, 0.29) is 24.5 Å². The van der Waals surface area contributed by atoms with Crippen LogP contribution >= 0.6 is 0 Å². The van der Waals surface area contributed by atoms with Crippen LogP contribution in [0.4, 0.5) is 0 Å². The van der Waals surface area contributed by atoms with Crippen LogP contribution in [0.3, 0.4) is 0 Å². The standard InChI is InChI=1S/C17H20N2O4/c1-9-11(7-8-19-17(23)14(18)10(2)20)16(22)13-6-4-3-5-12(13)15(9)21/h3-6,10,14,20H,7-8,18H2,1-2H3,(H,19,23)/t10-,14+/m1/s1. The van der Waals surface area contributed by atoms with Crippen molar-refractivity contribution in [2.75, 3.05) is 6.54 Å². The highest BCUT2D eigenvalue weighted by Gasteiger charge is 2.29. The maximum atomic E-state index is 12.5. The molecule has 1 aromatic carbocycles. The van der Waals surface area contributed by atoms with Crippen molar-refractivity contribution < 1.29 is 19.5 Å². The van der Waals surface area contributed by atoms with Gasteiger partial charge >= 0.3 is 0 Å². The third-order valence-corrected chi connectivity index (χ3v) is 3.98. The Kier molecular flexibility index (Phi) is 5.08. The molecule has 23 heavy (non-hydrogen) atoms. The van der Waals surface area contributed by atoms with Crippen molar-refractivity contribution in [2.45, 2.75) is 32.4 Å². The second-order valence-electron chi connectivity index (χ2n) is 5.61. The molecule has 0 unspecified atom stereocenters. The van der Waals surface area contributed by atoms with E-state index in [4.69, 9.17) is 5.73 Å². The smallest absolute Gasteiger partial charge is 0.239 e. The van der Waals surface area contributed by atoms with Crippen LogP contribution in [0.25, 0.3) is 0 Å². The number of carbonyl (C=O) groups is 3. The summed E-state index contributed by atoms with van der Waals surface area (Å²) in [5.74, 6) is -0.845. The van der Waals surface area contributed by atoms with E-state index in [1.54, 1.807) is 31.2 Å². The molecule has 0 bridgehead atoms. The number of nitrogens with two attached hydrogens (primary N) is 1. The highest BCUT2D eigenvalue weighted by molar-refractivity contribution is 6.26. The van der Waals surface area contributed by atoms with E-state index in [9.17, 15) is 19.5 Å². The molecular formula is C17H20N2O4. The van der Waals surface area contributed by atoms with Crippen LogP contribution in [-0.2, 0) is 4.79 Å². The molecule has 4 N–H and O–H groups in total. The van der Waals surface area contributed by atoms with E-state index in [0.29, 0.717) is 22.3 Å². The molecule has 0 spiro atoms. The second kappa shape index (κ2) is 6.85. The van der Waals surface area contributed by atoms with Crippen molar-refractivity contribution in [3.63, 3.8) is 0 Å². The summed E-state index contributed by atoms with van der Waals surface area (Å²) < 4.78 is 0. The van der Waals surface area contributed by atoms with E-state index < -0.39 is 18.1 Å². The lowest BCUT2D eigenvalue weighted by Crippen LogP contribution is -2.47. The number of benzene rings is 1. The highest BCUT2D eigenvalue weighted by Crippen LogP contribution is 2.27. The number of hydrogen-bond donors (Lipinski definition) is 3. The summed E-state index contributed by atoms with van der Waals surface area (Å²) >= 11 is 0. The molecule has 0 saturated heterocycles. The number of aliphatic hydroxyl groups excluding tert-OH is 1. The second-order valence-corrected chi connectivity index (χ2v) is 5.61. The van der Waals surface area contributed by atoms with Crippen LogP contribution in [0.2, 0.25) is 0 Å². The molecule has 122 valence electrons. The van der Waals surface area contributed by atoms with Gasteiger partial charge in [-0.25, -0.2) is 0 Å². The number of amides is 1. The first-order chi connectivity index (χ1) is 10.8. The minimum Gasteiger partial charge on any atom is -0.391 e. The fourth-order valence-corrected chi connectivity index (χ4v) is 2.50. The van der Waals surface area contributed by atoms with Crippen LogP contribution < -0.4 is 11.1 Å². The van der Waals surface area contributed by atoms with Crippen molar-refractivity contribution in [1.82, 2.24) is 5.32 Å². The molecule has 6 heteroatoms. The van der Waals surface area contributed by atoms with Gasteiger partial charge in [0, 0.05) is 28.8 Å². The summed E-state index contributed by atoms with van der Waals surface area (Å²) in [5.41, 5.74) is 7.14. The molecule has 0 heterocycles. The lowest BCUT2D eigenvalue weighted by atomic mass is 9.83. The number of carbonyl (C=O) groups excluding carboxylic acids is 3. The van der Waals surface area contributed by atoms with Crippen LogP contribution in [0.5, 0.6) is 0 Å². The van der Waals surface area contributed by atoms with Gasteiger partial charge in [0.25, 0.3) is 0 Å². The largest absolute Gasteiger partial charge is 0.391 e. The van der Waals surface area contributed by atoms with E-state index in [1.165, 1.54) is 6.92 Å². The molecule has 0 saturated carbocycles. The van der Waals surface area contributed by atoms with Crippen LogP contribution in [0.15, 0.2) is 35.4 Å². The fraction of sp³-hybridized carbons (Fsp3) is 0.353. The molecule has 0 fully saturated rings. The zero-order chi connectivity index (χ0) is 17.1. The van der Waals surface area contributed by atoms with Crippen LogP contribution in [-0.4, -0.2) is 41.3 Å². The van der Waals surface area contributed by atoms with Gasteiger partial charge in [-0.1, -0.05) is 24.3 Å². The topological polar surface area (TPSA) is 109 Å². The Morgan fingerprint density at radius 3 is 2.35 bits per heavy atom. The molecule has 6 nitrogen and oxygen atoms in total. The Balaban J connectivity index is 2.09. The Morgan fingerprint density at radius 2 is 1.78 bits per heavy atom. The maximum Gasteiger partial charge on any atom is 0.239 e. The molecule has 1 aliphatic carbocycles. The number of rotatable bonds is 5. The Labute approximate surface area is 134 Å².